The Hall–Kier alpha value is -0.570. The first kappa shape index (κ1) is 12.5. The molecule has 3 heteroatoms. The number of carbonyl (C=O) groups excluding carboxylic acids is 1. The second-order valence-corrected chi connectivity index (χ2v) is 4.57. The van der Waals surface area contributed by atoms with Gasteiger partial charge in [0, 0.05) is 13.6 Å². The lowest BCUT2D eigenvalue weighted by Crippen LogP contribution is -2.49. The van der Waals surface area contributed by atoms with E-state index < -0.39 is 0 Å². The van der Waals surface area contributed by atoms with E-state index in [1.54, 1.807) is 0 Å². The normalized spacial score (nSPS) is 26.3. The smallest absolute Gasteiger partial charge is 0.239 e. The second-order valence-electron chi connectivity index (χ2n) is 4.57. The molecule has 1 aliphatic heterocycles. The van der Waals surface area contributed by atoms with Crippen LogP contribution >= 0.6 is 0 Å². The summed E-state index contributed by atoms with van der Waals surface area (Å²) in [7, 11) is 1.91. The van der Waals surface area contributed by atoms with Gasteiger partial charge in [0.05, 0.1) is 6.04 Å². The Bertz CT molecular complexity index is 206. The lowest BCUT2D eigenvalue weighted by atomic mass is 9.90. The third-order valence-corrected chi connectivity index (χ3v) is 3.32. The average Bonchev–Trinajstić information content (AvgIpc) is 2.28. The van der Waals surface area contributed by atoms with Crippen LogP contribution in [0.5, 0.6) is 0 Å². The molecule has 0 bridgehead atoms. The molecule has 1 aliphatic rings. The highest BCUT2D eigenvalue weighted by atomic mass is 16.2. The lowest BCUT2D eigenvalue weighted by Gasteiger charge is -2.31. The Balaban J connectivity index is 2.44. The molecule has 88 valence electrons. The van der Waals surface area contributed by atoms with Crippen LogP contribution in [0.15, 0.2) is 0 Å². The van der Waals surface area contributed by atoms with E-state index >= 15 is 0 Å². The number of likely N-dealkylation sites (N-methyl/N-ethyl adjacent to an activating group) is 1. The summed E-state index contributed by atoms with van der Waals surface area (Å²) < 4.78 is 0. The van der Waals surface area contributed by atoms with Gasteiger partial charge in [-0.15, -0.1) is 0 Å². The average molecular weight is 212 g/mol. The molecule has 1 saturated heterocycles. The summed E-state index contributed by atoms with van der Waals surface area (Å²) in [5.74, 6) is 1.00. The predicted octanol–water partition coefficient (Wildman–Crippen LogP) is 1.63. The number of rotatable bonds is 4. The van der Waals surface area contributed by atoms with Gasteiger partial charge in [-0.05, 0) is 31.7 Å². The van der Waals surface area contributed by atoms with Crippen molar-refractivity contribution in [2.45, 2.75) is 45.6 Å². The molecule has 0 aromatic rings. The van der Waals surface area contributed by atoms with E-state index in [0.29, 0.717) is 0 Å². The zero-order valence-corrected chi connectivity index (χ0v) is 10.3. The van der Waals surface area contributed by atoms with Crippen LogP contribution in [0.25, 0.3) is 0 Å². The van der Waals surface area contributed by atoms with E-state index in [9.17, 15) is 4.79 Å². The van der Waals surface area contributed by atoms with E-state index in [1.165, 1.54) is 12.8 Å². The van der Waals surface area contributed by atoms with Crippen LogP contribution in [0.2, 0.25) is 0 Å². The van der Waals surface area contributed by atoms with E-state index in [0.717, 1.165) is 31.8 Å². The molecule has 3 nitrogen and oxygen atoms in total. The number of nitrogens with zero attached hydrogens (tertiary/aromatic N) is 1. The first-order valence-electron chi connectivity index (χ1n) is 6.17. The van der Waals surface area contributed by atoms with Crippen molar-refractivity contribution in [1.82, 2.24) is 10.2 Å². The van der Waals surface area contributed by atoms with Gasteiger partial charge < -0.3 is 10.2 Å². The molecule has 0 saturated carbocycles. The first-order chi connectivity index (χ1) is 7.19. The maximum atomic E-state index is 12.0. The minimum absolute atomic E-state index is 0.0697. The second kappa shape index (κ2) is 6.11. The molecular formula is C12H24N2O. The van der Waals surface area contributed by atoms with Crippen molar-refractivity contribution in [3.05, 3.63) is 0 Å². The van der Waals surface area contributed by atoms with Crippen molar-refractivity contribution in [1.29, 1.82) is 0 Å². The van der Waals surface area contributed by atoms with Crippen molar-refractivity contribution in [3.63, 3.8) is 0 Å². The van der Waals surface area contributed by atoms with Crippen LogP contribution in [0, 0.1) is 5.92 Å². The summed E-state index contributed by atoms with van der Waals surface area (Å²) in [6.07, 6.45) is 4.47. The van der Waals surface area contributed by atoms with Crippen molar-refractivity contribution in [2.24, 2.45) is 5.92 Å². The zero-order chi connectivity index (χ0) is 11.3. The van der Waals surface area contributed by atoms with Crippen molar-refractivity contribution < 1.29 is 4.79 Å². The van der Waals surface area contributed by atoms with E-state index in [1.807, 2.05) is 11.9 Å². The summed E-state index contributed by atoms with van der Waals surface area (Å²) in [4.78, 5) is 13.9. The maximum absolute atomic E-state index is 12.0. The fourth-order valence-corrected chi connectivity index (χ4v) is 2.27. The van der Waals surface area contributed by atoms with Gasteiger partial charge in [0.2, 0.25) is 5.91 Å². The standard InChI is InChI=1S/C12H24N2O/c1-4-8-14(3)12(15)11-9-10(5-2)6-7-13-11/h10-11,13H,4-9H2,1-3H3. The van der Waals surface area contributed by atoms with Crippen molar-refractivity contribution in [2.75, 3.05) is 20.1 Å². The number of hydrogen-bond acceptors (Lipinski definition) is 2. The van der Waals surface area contributed by atoms with Gasteiger partial charge in [-0.25, -0.2) is 0 Å². The Morgan fingerprint density at radius 3 is 2.80 bits per heavy atom. The number of carbonyl (C=O) groups is 1. The molecule has 2 atom stereocenters. The minimum atomic E-state index is 0.0697. The molecule has 1 rings (SSSR count). The summed E-state index contributed by atoms with van der Waals surface area (Å²) in [6, 6.07) is 0.0697. The number of amides is 1. The highest BCUT2D eigenvalue weighted by Gasteiger charge is 2.27. The van der Waals surface area contributed by atoms with Crippen molar-refractivity contribution in [3.8, 4) is 0 Å². The molecule has 0 aliphatic carbocycles. The topological polar surface area (TPSA) is 32.3 Å². The summed E-state index contributed by atoms with van der Waals surface area (Å²) >= 11 is 0. The molecule has 1 fully saturated rings. The lowest BCUT2D eigenvalue weighted by molar-refractivity contribution is -0.133. The molecule has 1 amide bonds. The Kier molecular flexibility index (Phi) is 5.09. The molecule has 15 heavy (non-hydrogen) atoms. The fraction of sp³-hybridized carbons (Fsp3) is 0.917. The quantitative estimate of drug-likeness (QED) is 0.768. The largest absolute Gasteiger partial charge is 0.344 e. The number of nitrogens with one attached hydrogen (secondary N) is 1. The molecule has 1 heterocycles. The van der Waals surface area contributed by atoms with Crippen LogP contribution < -0.4 is 5.32 Å². The van der Waals surface area contributed by atoms with E-state index in [2.05, 4.69) is 19.2 Å². The fourth-order valence-electron chi connectivity index (χ4n) is 2.27. The molecule has 0 aromatic heterocycles. The number of hydrogen-bond donors (Lipinski definition) is 1. The molecule has 2 unspecified atom stereocenters. The molecule has 0 aromatic carbocycles. The molecule has 0 spiro atoms. The molecular weight excluding hydrogens is 188 g/mol. The molecule has 0 radical (unpaired) electrons. The van der Waals surface area contributed by atoms with Gasteiger partial charge in [0.1, 0.15) is 0 Å². The zero-order valence-electron chi connectivity index (χ0n) is 10.3. The van der Waals surface area contributed by atoms with Gasteiger partial charge in [-0.3, -0.25) is 4.79 Å². The van der Waals surface area contributed by atoms with E-state index in [-0.39, 0.29) is 11.9 Å². The van der Waals surface area contributed by atoms with Crippen LogP contribution in [0.3, 0.4) is 0 Å². The Morgan fingerprint density at radius 1 is 1.47 bits per heavy atom. The third-order valence-electron chi connectivity index (χ3n) is 3.32. The first-order valence-corrected chi connectivity index (χ1v) is 6.17. The Morgan fingerprint density at radius 2 is 2.20 bits per heavy atom. The highest BCUT2D eigenvalue weighted by molar-refractivity contribution is 5.81. The summed E-state index contributed by atoms with van der Waals surface area (Å²) in [5, 5.41) is 3.33. The van der Waals surface area contributed by atoms with Crippen LogP contribution in [-0.4, -0.2) is 37.0 Å². The van der Waals surface area contributed by atoms with Gasteiger partial charge >= 0.3 is 0 Å². The van der Waals surface area contributed by atoms with Crippen LogP contribution in [0.4, 0.5) is 0 Å². The van der Waals surface area contributed by atoms with Crippen LogP contribution in [0.1, 0.15) is 39.5 Å². The number of piperidine rings is 1. The monoisotopic (exact) mass is 212 g/mol. The summed E-state index contributed by atoms with van der Waals surface area (Å²) in [5.41, 5.74) is 0. The van der Waals surface area contributed by atoms with Gasteiger partial charge in [0.25, 0.3) is 0 Å². The van der Waals surface area contributed by atoms with Gasteiger partial charge in [0.15, 0.2) is 0 Å². The maximum Gasteiger partial charge on any atom is 0.239 e. The van der Waals surface area contributed by atoms with Crippen LogP contribution in [-0.2, 0) is 4.79 Å². The Labute approximate surface area is 93.2 Å². The molecule has 1 N–H and O–H groups in total. The third kappa shape index (κ3) is 3.49. The minimum Gasteiger partial charge on any atom is -0.344 e. The van der Waals surface area contributed by atoms with E-state index in [4.69, 9.17) is 0 Å². The van der Waals surface area contributed by atoms with Crippen molar-refractivity contribution >= 4 is 5.91 Å². The SMILES string of the molecule is CCCN(C)C(=O)C1CC(CC)CCN1. The highest BCUT2D eigenvalue weighted by Crippen LogP contribution is 2.20. The summed E-state index contributed by atoms with van der Waals surface area (Å²) in [6.45, 7) is 6.18. The predicted molar refractivity (Wildman–Crippen MR) is 62.7 cm³/mol. The van der Waals surface area contributed by atoms with Gasteiger partial charge in [-0.2, -0.15) is 0 Å². The van der Waals surface area contributed by atoms with Gasteiger partial charge in [-0.1, -0.05) is 20.3 Å².